The Labute approximate surface area is 115 Å². The zero-order valence-corrected chi connectivity index (χ0v) is 10.9. The van der Waals surface area contributed by atoms with Gasteiger partial charge in [0.1, 0.15) is 5.78 Å². The number of carbonyl (C=O) groups excluding carboxylic acids is 1. The fraction of sp³-hybridized carbons (Fsp3) is 0.200. The summed E-state index contributed by atoms with van der Waals surface area (Å²) in [6, 6.07) is 7.17. The van der Waals surface area contributed by atoms with Crippen molar-refractivity contribution in [2.75, 3.05) is 7.11 Å². The Balaban J connectivity index is 2.03. The van der Waals surface area contributed by atoms with Crippen molar-refractivity contribution in [3.05, 3.63) is 59.3 Å². The van der Waals surface area contributed by atoms with Crippen LogP contribution in [0.2, 0.25) is 0 Å². The van der Waals surface area contributed by atoms with Gasteiger partial charge in [-0.25, -0.2) is 13.8 Å². The Morgan fingerprint density at radius 1 is 1.20 bits per heavy atom. The molecule has 0 saturated carbocycles. The fourth-order valence-electron chi connectivity index (χ4n) is 1.82. The summed E-state index contributed by atoms with van der Waals surface area (Å²) in [5, 5.41) is 0. The molecule has 20 heavy (non-hydrogen) atoms. The van der Waals surface area contributed by atoms with Crippen molar-refractivity contribution in [3.63, 3.8) is 0 Å². The van der Waals surface area contributed by atoms with Crippen LogP contribution in [0.25, 0.3) is 0 Å². The van der Waals surface area contributed by atoms with Crippen LogP contribution in [-0.4, -0.2) is 17.9 Å². The number of benzene rings is 1. The van der Waals surface area contributed by atoms with Crippen molar-refractivity contribution in [1.82, 2.24) is 4.98 Å². The Morgan fingerprint density at radius 3 is 2.65 bits per heavy atom. The first kappa shape index (κ1) is 14.1. The summed E-state index contributed by atoms with van der Waals surface area (Å²) in [6.45, 7) is 0. The zero-order chi connectivity index (χ0) is 14.5. The second kappa shape index (κ2) is 6.23. The molecule has 0 radical (unpaired) electrons. The molecule has 0 atom stereocenters. The maximum absolute atomic E-state index is 13.4. The highest BCUT2D eigenvalue weighted by atomic mass is 19.2. The molecule has 0 aliphatic rings. The largest absolute Gasteiger partial charge is 0.481 e. The average molecular weight is 277 g/mol. The number of ether oxygens (including phenoxy) is 1. The zero-order valence-electron chi connectivity index (χ0n) is 10.9. The van der Waals surface area contributed by atoms with E-state index in [2.05, 4.69) is 4.98 Å². The molecule has 2 aromatic rings. The third kappa shape index (κ3) is 3.38. The van der Waals surface area contributed by atoms with Crippen LogP contribution in [0.15, 0.2) is 36.5 Å². The van der Waals surface area contributed by atoms with Gasteiger partial charge in [0.15, 0.2) is 11.6 Å². The van der Waals surface area contributed by atoms with Crippen LogP contribution < -0.4 is 4.74 Å². The maximum atomic E-state index is 13.4. The van der Waals surface area contributed by atoms with Gasteiger partial charge in [0, 0.05) is 25.1 Å². The van der Waals surface area contributed by atoms with Crippen molar-refractivity contribution in [2.45, 2.75) is 12.8 Å². The number of nitrogens with zero attached hydrogens (tertiary/aromatic N) is 1. The second-order valence-corrected chi connectivity index (χ2v) is 4.31. The van der Waals surface area contributed by atoms with Gasteiger partial charge in [-0.15, -0.1) is 0 Å². The van der Waals surface area contributed by atoms with Crippen molar-refractivity contribution in [2.24, 2.45) is 0 Å². The lowest BCUT2D eigenvalue weighted by atomic mass is 10.0. The van der Waals surface area contributed by atoms with E-state index < -0.39 is 11.6 Å². The van der Waals surface area contributed by atoms with Crippen molar-refractivity contribution >= 4 is 5.78 Å². The molecule has 1 heterocycles. The van der Waals surface area contributed by atoms with Crippen molar-refractivity contribution in [3.8, 4) is 5.88 Å². The van der Waals surface area contributed by atoms with Crippen molar-refractivity contribution < 1.29 is 18.3 Å². The third-order valence-electron chi connectivity index (χ3n) is 2.83. The van der Waals surface area contributed by atoms with Crippen molar-refractivity contribution in [1.29, 1.82) is 0 Å². The normalized spacial score (nSPS) is 10.3. The predicted octanol–water partition coefficient (Wildman–Crippen LogP) is 2.72. The van der Waals surface area contributed by atoms with E-state index in [0.29, 0.717) is 11.4 Å². The molecule has 0 spiro atoms. The van der Waals surface area contributed by atoms with E-state index in [1.807, 2.05) is 0 Å². The molecule has 0 amide bonds. The van der Waals surface area contributed by atoms with Crippen LogP contribution in [0, 0.1) is 11.6 Å². The van der Waals surface area contributed by atoms with Crippen LogP contribution in [0.4, 0.5) is 8.78 Å². The van der Waals surface area contributed by atoms with Crippen LogP contribution in [0.1, 0.15) is 11.1 Å². The van der Waals surface area contributed by atoms with E-state index in [0.717, 1.165) is 6.07 Å². The first-order valence-electron chi connectivity index (χ1n) is 6.03. The van der Waals surface area contributed by atoms with Gasteiger partial charge in [0.25, 0.3) is 0 Å². The van der Waals surface area contributed by atoms with E-state index in [9.17, 15) is 13.6 Å². The molecule has 104 valence electrons. The quantitative estimate of drug-likeness (QED) is 0.843. The number of carbonyl (C=O) groups is 1. The third-order valence-corrected chi connectivity index (χ3v) is 2.83. The molecule has 0 saturated heterocycles. The summed E-state index contributed by atoms with van der Waals surface area (Å²) in [5.74, 6) is -1.66. The maximum Gasteiger partial charge on any atom is 0.212 e. The van der Waals surface area contributed by atoms with Gasteiger partial charge in [-0.1, -0.05) is 18.2 Å². The number of rotatable bonds is 5. The highest BCUT2D eigenvalue weighted by Gasteiger charge is 2.12. The summed E-state index contributed by atoms with van der Waals surface area (Å²) in [7, 11) is 1.50. The smallest absolute Gasteiger partial charge is 0.212 e. The molecule has 0 aliphatic carbocycles. The molecule has 0 aliphatic heterocycles. The molecule has 3 nitrogen and oxygen atoms in total. The average Bonchev–Trinajstić information content (AvgIpc) is 2.45. The monoisotopic (exact) mass is 277 g/mol. The number of ketones is 1. The highest BCUT2D eigenvalue weighted by Crippen LogP contribution is 2.14. The molecule has 2 rings (SSSR count). The summed E-state index contributed by atoms with van der Waals surface area (Å²) < 4.78 is 31.4. The summed E-state index contributed by atoms with van der Waals surface area (Å²) in [5.41, 5.74) is 0.768. The Bertz CT molecular complexity index is 612. The molecule has 0 N–H and O–H groups in total. The number of Topliss-reactive ketones (excluding diaryl/α,β-unsaturated/α-hetero) is 1. The number of methoxy groups -OCH3 is 1. The number of hydrogen-bond donors (Lipinski definition) is 0. The predicted molar refractivity (Wildman–Crippen MR) is 69.6 cm³/mol. The van der Waals surface area contributed by atoms with E-state index in [4.69, 9.17) is 4.74 Å². The Morgan fingerprint density at radius 2 is 2.00 bits per heavy atom. The van der Waals surface area contributed by atoms with Crippen LogP contribution in [0.3, 0.4) is 0 Å². The van der Waals surface area contributed by atoms with Crippen LogP contribution >= 0.6 is 0 Å². The van der Waals surface area contributed by atoms with Crippen LogP contribution in [0.5, 0.6) is 5.88 Å². The summed E-state index contributed by atoms with van der Waals surface area (Å²) >= 11 is 0. The number of aromatic nitrogens is 1. The molecule has 0 unspecified atom stereocenters. The Hall–Kier alpha value is -2.30. The highest BCUT2D eigenvalue weighted by molar-refractivity contribution is 5.83. The van der Waals surface area contributed by atoms with E-state index in [-0.39, 0.29) is 24.2 Å². The van der Waals surface area contributed by atoms with Gasteiger partial charge >= 0.3 is 0 Å². The molecular formula is C15H13F2NO2. The van der Waals surface area contributed by atoms with Gasteiger partial charge in [0.05, 0.1) is 7.11 Å². The first-order chi connectivity index (χ1) is 9.60. The van der Waals surface area contributed by atoms with Gasteiger partial charge < -0.3 is 4.74 Å². The van der Waals surface area contributed by atoms with Gasteiger partial charge in [0.2, 0.25) is 5.88 Å². The molecule has 1 aromatic heterocycles. The van der Waals surface area contributed by atoms with Gasteiger partial charge in [-0.2, -0.15) is 0 Å². The lowest BCUT2D eigenvalue weighted by Gasteiger charge is -2.04. The van der Waals surface area contributed by atoms with E-state index in [1.54, 1.807) is 12.1 Å². The SMILES string of the molecule is COc1ccc(CC(=O)Cc2cccc(F)c2F)cn1. The molecule has 0 fully saturated rings. The molecular weight excluding hydrogens is 264 g/mol. The second-order valence-electron chi connectivity index (χ2n) is 4.31. The molecule has 0 bridgehead atoms. The minimum Gasteiger partial charge on any atom is -0.481 e. The van der Waals surface area contributed by atoms with Crippen LogP contribution in [-0.2, 0) is 17.6 Å². The number of halogens is 2. The molecule has 1 aromatic carbocycles. The lowest BCUT2D eigenvalue weighted by molar-refractivity contribution is -0.117. The minimum atomic E-state index is -0.964. The van der Waals surface area contributed by atoms with Gasteiger partial charge in [-0.05, 0) is 17.2 Å². The van der Waals surface area contributed by atoms with Gasteiger partial charge in [-0.3, -0.25) is 4.79 Å². The summed E-state index contributed by atoms with van der Waals surface area (Å²) in [6.07, 6.45) is 1.50. The Kier molecular flexibility index (Phi) is 4.40. The fourth-order valence-corrected chi connectivity index (χ4v) is 1.82. The summed E-state index contributed by atoms with van der Waals surface area (Å²) in [4.78, 5) is 15.8. The number of pyridine rings is 1. The van der Waals surface area contributed by atoms with E-state index in [1.165, 1.54) is 25.4 Å². The number of hydrogen-bond acceptors (Lipinski definition) is 3. The topological polar surface area (TPSA) is 39.2 Å². The standard InChI is InChI=1S/C15H13F2NO2/c1-20-14-6-5-10(9-18-14)7-12(19)8-11-3-2-4-13(16)15(11)17/h2-6,9H,7-8H2,1H3. The first-order valence-corrected chi connectivity index (χ1v) is 6.03. The lowest BCUT2D eigenvalue weighted by Crippen LogP contribution is -2.09. The minimum absolute atomic E-state index is 0.0662. The van der Waals surface area contributed by atoms with E-state index >= 15 is 0 Å². The molecule has 5 heteroatoms.